The molecule has 0 spiro atoms. The first-order valence-electron chi connectivity index (χ1n) is 5.66. The second kappa shape index (κ2) is 5.00. The standard InChI is InChI=1S/C13H16N2O3/c1-4-8-5-9(10-7-15-18-13(10)14)12(17-3)11(6-8)16-2/h5-7H,4,14H2,1-3H3. The molecule has 0 saturated carbocycles. The molecule has 2 N–H and O–H groups in total. The zero-order valence-corrected chi connectivity index (χ0v) is 10.7. The van der Waals surface area contributed by atoms with Crippen molar-refractivity contribution in [2.45, 2.75) is 13.3 Å². The Balaban J connectivity index is 2.67. The third kappa shape index (κ3) is 1.99. The van der Waals surface area contributed by atoms with Crippen molar-refractivity contribution in [3.8, 4) is 22.6 Å². The van der Waals surface area contributed by atoms with E-state index in [1.807, 2.05) is 12.1 Å². The number of hydrogen-bond acceptors (Lipinski definition) is 5. The summed E-state index contributed by atoms with van der Waals surface area (Å²) in [7, 11) is 3.20. The van der Waals surface area contributed by atoms with Gasteiger partial charge < -0.3 is 19.7 Å². The van der Waals surface area contributed by atoms with Crippen LogP contribution in [0.3, 0.4) is 0 Å². The van der Waals surface area contributed by atoms with Crippen molar-refractivity contribution >= 4 is 5.88 Å². The molecule has 0 unspecified atom stereocenters. The predicted octanol–water partition coefficient (Wildman–Crippen LogP) is 2.50. The van der Waals surface area contributed by atoms with Gasteiger partial charge in [-0.25, -0.2) is 0 Å². The van der Waals surface area contributed by atoms with Crippen LogP contribution in [-0.4, -0.2) is 19.4 Å². The maximum absolute atomic E-state index is 5.75. The number of nitrogens with two attached hydrogens (primary N) is 1. The van der Waals surface area contributed by atoms with Crippen molar-refractivity contribution in [3.05, 3.63) is 23.9 Å². The van der Waals surface area contributed by atoms with Crippen molar-refractivity contribution < 1.29 is 14.0 Å². The Labute approximate surface area is 105 Å². The van der Waals surface area contributed by atoms with Gasteiger partial charge in [0.15, 0.2) is 11.5 Å². The smallest absolute Gasteiger partial charge is 0.230 e. The minimum Gasteiger partial charge on any atom is -0.493 e. The number of rotatable bonds is 4. The van der Waals surface area contributed by atoms with E-state index in [0.29, 0.717) is 17.1 Å². The number of hydrogen-bond donors (Lipinski definition) is 1. The Hall–Kier alpha value is -2.17. The van der Waals surface area contributed by atoms with Gasteiger partial charge in [-0.15, -0.1) is 0 Å². The average molecular weight is 248 g/mol. The molecule has 0 atom stereocenters. The maximum atomic E-state index is 5.75. The lowest BCUT2D eigenvalue weighted by atomic mass is 10.0. The average Bonchev–Trinajstić information content (AvgIpc) is 2.83. The highest BCUT2D eigenvalue weighted by atomic mass is 16.5. The lowest BCUT2D eigenvalue weighted by Gasteiger charge is -2.13. The van der Waals surface area contributed by atoms with Gasteiger partial charge >= 0.3 is 0 Å². The fraction of sp³-hybridized carbons (Fsp3) is 0.308. The van der Waals surface area contributed by atoms with Gasteiger partial charge in [-0.3, -0.25) is 0 Å². The van der Waals surface area contributed by atoms with Crippen LogP contribution >= 0.6 is 0 Å². The Morgan fingerprint density at radius 1 is 1.22 bits per heavy atom. The highest BCUT2D eigenvalue weighted by Gasteiger charge is 2.17. The summed E-state index contributed by atoms with van der Waals surface area (Å²) in [5, 5.41) is 3.69. The number of nitrogens with zero attached hydrogens (tertiary/aromatic N) is 1. The zero-order valence-electron chi connectivity index (χ0n) is 10.7. The molecule has 1 aromatic heterocycles. The van der Waals surface area contributed by atoms with E-state index >= 15 is 0 Å². The SMILES string of the molecule is CCc1cc(OC)c(OC)c(-c2cnoc2N)c1. The minimum absolute atomic E-state index is 0.267. The summed E-state index contributed by atoms with van der Waals surface area (Å²) in [6, 6.07) is 3.95. The van der Waals surface area contributed by atoms with Gasteiger partial charge in [0.2, 0.25) is 5.88 Å². The van der Waals surface area contributed by atoms with Crippen LogP contribution in [-0.2, 0) is 6.42 Å². The summed E-state index contributed by atoms with van der Waals surface area (Å²) in [6.45, 7) is 2.07. The summed E-state index contributed by atoms with van der Waals surface area (Å²) in [5.74, 6) is 1.57. The number of nitrogen functional groups attached to an aromatic ring is 1. The maximum Gasteiger partial charge on any atom is 0.230 e. The minimum atomic E-state index is 0.267. The van der Waals surface area contributed by atoms with Crippen molar-refractivity contribution in [1.29, 1.82) is 0 Å². The molecule has 0 fully saturated rings. The molecular weight excluding hydrogens is 232 g/mol. The van der Waals surface area contributed by atoms with Crippen LogP contribution in [0.1, 0.15) is 12.5 Å². The molecule has 2 rings (SSSR count). The van der Waals surface area contributed by atoms with Gasteiger partial charge in [0.1, 0.15) is 0 Å². The van der Waals surface area contributed by atoms with Crippen LogP contribution in [0.5, 0.6) is 11.5 Å². The molecule has 96 valence electrons. The summed E-state index contributed by atoms with van der Waals surface area (Å²) in [4.78, 5) is 0. The van der Waals surface area contributed by atoms with Gasteiger partial charge in [0.05, 0.1) is 26.0 Å². The van der Waals surface area contributed by atoms with Gasteiger partial charge in [0, 0.05) is 5.56 Å². The highest BCUT2D eigenvalue weighted by Crippen LogP contribution is 2.41. The Morgan fingerprint density at radius 3 is 2.50 bits per heavy atom. The highest BCUT2D eigenvalue weighted by molar-refractivity contribution is 5.80. The van der Waals surface area contributed by atoms with Gasteiger partial charge in [-0.1, -0.05) is 12.1 Å². The molecule has 0 aliphatic rings. The molecule has 0 bridgehead atoms. The van der Waals surface area contributed by atoms with E-state index in [-0.39, 0.29) is 5.88 Å². The van der Waals surface area contributed by atoms with Crippen LogP contribution in [0.25, 0.3) is 11.1 Å². The van der Waals surface area contributed by atoms with Gasteiger partial charge in [-0.2, -0.15) is 0 Å². The molecule has 1 aromatic carbocycles. The number of methoxy groups -OCH3 is 2. The molecule has 5 heteroatoms. The molecule has 1 heterocycles. The Morgan fingerprint density at radius 2 is 2.00 bits per heavy atom. The largest absolute Gasteiger partial charge is 0.493 e. The molecule has 0 amide bonds. The third-order valence-electron chi connectivity index (χ3n) is 2.84. The Kier molecular flexibility index (Phi) is 3.41. The molecule has 0 saturated heterocycles. The first kappa shape index (κ1) is 12.3. The van der Waals surface area contributed by atoms with E-state index in [0.717, 1.165) is 17.5 Å². The fourth-order valence-corrected chi connectivity index (χ4v) is 1.88. The van der Waals surface area contributed by atoms with Crippen LogP contribution in [0.15, 0.2) is 22.9 Å². The number of aromatic nitrogens is 1. The molecular formula is C13H16N2O3. The lowest BCUT2D eigenvalue weighted by Crippen LogP contribution is -1.96. The van der Waals surface area contributed by atoms with Crippen LogP contribution in [0, 0.1) is 0 Å². The van der Waals surface area contributed by atoms with Gasteiger partial charge in [0.25, 0.3) is 0 Å². The van der Waals surface area contributed by atoms with Crippen molar-refractivity contribution in [3.63, 3.8) is 0 Å². The Bertz CT molecular complexity index is 549. The van der Waals surface area contributed by atoms with Gasteiger partial charge in [-0.05, 0) is 24.1 Å². The molecule has 2 aromatic rings. The first-order valence-corrected chi connectivity index (χ1v) is 5.66. The normalized spacial score (nSPS) is 10.4. The zero-order chi connectivity index (χ0) is 13.1. The number of anilines is 1. The first-order chi connectivity index (χ1) is 8.71. The van der Waals surface area contributed by atoms with E-state index in [4.69, 9.17) is 19.7 Å². The van der Waals surface area contributed by atoms with E-state index in [1.54, 1.807) is 20.4 Å². The molecule has 0 aliphatic carbocycles. The summed E-state index contributed by atoms with van der Waals surface area (Å²) < 4.78 is 15.6. The topological polar surface area (TPSA) is 70.5 Å². The van der Waals surface area contributed by atoms with E-state index in [9.17, 15) is 0 Å². The summed E-state index contributed by atoms with van der Waals surface area (Å²) >= 11 is 0. The quantitative estimate of drug-likeness (QED) is 0.900. The van der Waals surface area contributed by atoms with Crippen LogP contribution in [0.4, 0.5) is 5.88 Å². The number of ether oxygens (including phenoxy) is 2. The summed E-state index contributed by atoms with van der Waals surface area (Å²) in [5.41, 5.74) is 8.42. The summed E-state index contributed by atoms with van der Waals surface area (Å²) in [6.07, 6.45) is 2.46. The number of benzene rings is 1. The number of aryl methyl sites for hydroxylation is 1. The monoisotopic (exact) mass is 248 g/mol. The van der Waals surface area contributed by atoms with E-state index < -0.39 is 0 Å². The van der Waals surface area contributed by atoms with E-state index in [1.165, 1.54) is 0 Å². The van der Waals surface area contributed by atoms with Crippen molar-refractivity contribution in [1.82, 2.24) is 5.16 Å². The van der Waals surface area contributed by atoms with Crippen LogP contribution in [0.2, 0.25) is 0 Å². The van der Waals surface area contributed by atoms with Crippen molar-refractivity contribution in [2.24, 2.45) is 0 Å². The lowest BCUT2D eigenvalue weighted by molar-refractivity contribution is 0.356. The molecule has 0 aliphatic heterocycles. The molecule has 0 radical (unpaired) electrons. The predicted molar refractivity (Wildman–Crippen MR) is 68.8 cm³/mol. The second-order valence-corrected chi connectivity index (χ2v) is 3.84. The second-order valence-electron chi connectivity index (χ2n) is 3.84. The van der Waals surface area contributed by atoms with Crippen molar-refractivity contribution in [2.75, 3.05) is 20.0 Å². The fourth-order valence-electron chi connectivity index (χ4n) is 1.88. The van der Waals surface area contributed by atoms with E-state index in [2.05, 4.69) is 12.1 Å². The van der Waals surface area contributed by atoms with Crippen LogP contribution < -0.4 is 15.2 Å². The molecule has 5 nitrogen and oxygen atoms in total. The molecule has 18 heavy (non-hydrogen) atoms. The third-order valence-corrected chi connectivity index (χ3v) is 2.84.